The van der Waals surface area contributed by atoms with Crippen LogP contribution < -0.4 is 10.2 Å². The lowest BCUT2D eigenvalue weighted by molar-refractivity contribution is 0.0955. The summed E-state index contributed by atoms with van der Waals surface area (Å²) in [6, 6.07) is 13.8. The van der Waals surface area contributed by atoms with Gasteiger partial charge in [0, 0.05) is 25.3 Å². The number of rotatable bonds is 5. The van der Waals surface area contributed by atoms with E-state index in [0.29, 0.717) is 15.8 Å². The molecule has 106 valence electrons. The highest BCUT2D eigenvalue weighted by Gasteiger charge is 2.13. The zero-order valence-corrected chi connectivity index (χ0v) is 13.0. The van der Waals surface area contributed by atoms with Crippen molar-refractivity contribution in [1.29, 1.82) is 0 Å². The van der Waals surface area contributed by atoms with Gasteiger partial charge in [-0.05, 0) is 31.2 Å². The van der Waals surface area contributed by atoms with E-state index in [1.807, 2.05) is 25.2 Å². The first kappa shape index (κ1) is 14.9. The number of thiophene rings is 1. The number of benzene rings is 1. The summed E-state index contributed by atoms with van der Waals surface area (Å²) in [5, 5.41) is 2.93. The Kier molecular flexibility index (Phi) is 5.04. The van der Waals surface area contributed by atoms with Gasteiger partial charge >= 0.3 is 0 Å². The second-order valence-electron chi connectivity index (χ2n) is 4.61. The summed E-state index contributed by atoms with van der Waals surface area (Å²) >= 11 is 7.12. The van der Waals surface area contributed by atoms with Crippen molar-refractivity contribution in [2.24, 2.45) is 0 Å². The topological polar surface area (TPSA) is 32.3 Å². The minimum absolute atomic E-state index is 0.0739. The SMILES string of the molecule is C[C@@H](CNC(=O)c1ccc(Cl)s1)N(C)c1ccccc1. The summed E-state index contributed by atoms with van der Waals surface area (Å²) in [4.78, 5) is 14.7. The highest BCUT2D eigenvalue weighted by atomic mass is 35.5. The molecule has 5 heteroatoms. The van der Waals surface area contributed by atoms with Crippen LogP contribution in [0.5, 0.6) is 0 Å². The van der Waals surface area contributed by atoms with E-state index < -0.39 is 0 Å². The molecule has 1 amide bonds. The molecule has 0 unspecified atom stereocenters. The van der Waals surface area contributed by atoms with Gasteiger partial charge in [-0.1, -0.05) is 29.8 Å². The molecule has 1 aromatic carbocycles. The van der Waals surface area contributed by atoms with E-state index in [4.69, 9.17) is 11.6 Å². The quantitative estimate of drug-likeness (QED) is 0.914. The van der Waals surface area contributed by atoms with Crippen molar-refractivity contribution >= 4 is 34.5 Å². The van der Waals surface area contributed by atoms with Crippen molar-refractivity contribution < 1.29 is 4.79 Å². The van der Waals surface area contributed by atoms with Crippen LogP contribution >= 0.6 is 22.9 Å². The smallest absolute Gasteiger partial charge is 0.261 e. The lowest BCUT2D eigenvalue weighted by atomic mass is 10.2. The fraction of sp³-hybridized carbons (Fsp3) is 0.267. The summed E-state index contributed by atoms with van der Waals surface area (Å²) in [6.07, 6.45) is 0. The Bertz CT molecular complexity index is 570. The second kappa shape index (κ2) is 6.77. The van der Waals surface area contributed by atoms with Gasteiger partial charge in [0.25, 0.3) is 5.91 Å². The largest absolute Gasteiger partial charge is 0.370 e. The maximum atomic E-state index is 11.9. The Labute approximate surface area is 128 Å². The molecule has 2 rings (SSSR count). The number of para-hydroxylation sites is 1. The van der Waals surface area contributed by atoms with Crippen molar-refractivity contribution in [3.63, 3.8) is 0 Å². The molecule has 1 heterocycles. The number of amides is 1. The molecule has 3 nitrogen and oxygen atoms in total. The molecule has 0 bridgehead atoms. The van der Waals surface area contributed by atoms with Crippen LogP contribution in [0.15, 0.2) is 42.5 Å². The Hall–Kier alpha value is -1.52. The predicted octanol–water partition coefficient (Wildman–Crippen LogP) is 3.66. The number of nitrogens with one attached hydrogen (secondary N) is 1. The number of hydrogen-bond acceptors (Lipinski definition) is 3. The van der Waals surface area contributed by atoms with E-state index in [2.05, 4.69) is 29.3 Å². The summed E-state index contributed by atoms with van der Waals surface area (Å²) in [5.74, 6) is -0.0739. The monoisotopic (exact) mass is 308 g/mol. The van der Waals surface area contributed by atoms with Gasteiger partial charge in [0.15, 0.2) is 0 Å². The van der Waals surface area contributed by atoms with E-state index in [1.165, 1.54) is 11.3 Å². The Morgan fingerprint density at radius 2 is 2.00 bits per heavy atom. The summed E-state index contributed by atoms with van der Waals surface area (Å²) in [5.41, 5.74) is 1.13. The van der Waals surface area contributed by atoms with Gasteiger partial charge in [0.1, 0.15) is 0 Å². The normalized spacial score (nSPS) is 11.9. The molecule has 0 aliphatic heterocycles. The van der Waals surface area contributed by atoms with Crippen LogP contribution in [0.1, 0.15) is 16.6 Å². The molecular formula is C15H17ClN2OS. The third-order valence-electron chi connectivity index (χ3n) is 3.18. The molecule has 0 aliphatic rings. The summed E-state index contributed by atoms with van der Waals surface area (Å²) in [6.45, 7) is 2.66. The zero-order valence-electron chi connectivity index (χ0n) is 11.5. The van der Waals surface area contributed by atoms with E-state index >= 15 is 0 Å². The molecule has 0 radical (unpaired) electrons. The number of anilines is 1. The Morgan fingerprint density at radius 3 is 2.60 bits per heavy atom. The zero-order chi connectivity index (χ0) is 14.5. The lowest BCUT2D eigenvalue weighted by Crippen LogP contribution is -2.40. The van der Waals surface area contributed by atoms with Crippen LogP contribution in [0.2, 0.25) is 4.34 Å². The lowest BCUT2D eigenvalue weighted by Gasteiger charge is -2.27. The molecule has 1 aromatic heterocycles. The number of hydrogen-bond donors (Lipinski definition) is 1. The van der Waals surface area contributed by atoms with Crippen LogP contribution in [-0.2, 0) is 0 Å². The van der Waals surface area contributed by atoms with Crippen molar-refractivity contribution in [1.82, 2.24) is 5.32 Å². The molecule has 0 fully saturated rings. The second-order valence-corrected chi connectivity index (χ2v) is 6.32. The van der Waals surface area contributed by atoms with Gasteiger partial charge in [-0.3, -0.25) is 4.79 Å². The van der Waals surface area contributed by atoms with Gasteiger partial charge in [0.05, 0.1) is 9.21 Å². The molecule has 0 spiro atoms. The molecule has 0 saturated heterocycles. The Balaban J connectivity index is 1.89. The van der Waals surface area contributed by atoms with E-state index in [1.54, 1.807) is 12.1 Å². The fourth-order valence-electron chi connectivity index (χ4n) is 1.82. The van der Waals surface area contributed by atoms with Crippen LogP contribution in [0.3, 0.4) is 0 Å². The van der Waals surface area contributed by atoms with E-state index in [-0.39, 0.29) is 11.9 Å². The Morgan fingerprint density at radius 1 is 1.30 bits per heavy atom. The van der Waals surface area contributed by atoms with Gasteiger partial charge in [-0.15, -0.1) is 11.3 Å². The first-order valence-electron chi connectivity index (χ1n) is 6.39. The number of likely N-dealkylation sites (N-methyl/N-ethyl adjacent to an activating group) is 1. The first-order chi connectivity index (χ1) is 9.58. The maximum absolute atomic E-state index is 11.9. The number of carbonyl (C=O) groups is 1. The number of carbonyl (C=O) groups excluding carboxylic acids is 1. The average Bonchev–Trinajstić information content (AvgIpc) is 2.91. The predicted molar refractivity (Wildman–Crippen MR) is 86.0 cm³/mol. The highest BCUT2D eigenvalue weighted by Crippen LogP contribution is 2.21. The van der Waals surface area contributed by atoms with Gasteiger partial charge in [0.2, 0.25) is 0 Å². The standard InChI is InChI=1S/C15H17ClN2OS/c1-11(18(2)12-6-4-3-5-7-12)10-17-15(19)13-8-9-14(16)20-13/h3-9,11H,10H2,1-2H3,(H,17,19)/t11-/m0/s1. The molecule has 1 N–H and O–H groups in total. The van der Waals surface area contributed by atoms with Gasteiger partial charge in [-0.2, -0.15) is 0 Å². The van der Waals surface area contributed by atoms with E-state index in [9.17, 15) is 4.79 Å². The van der Waals surface area contributed by atoms with Crippen LogP contribution in [0.25, 0.3) is 0 Å². The average molecular weight is 309 g/mol. The third kappa shape index (κ3) is 3.74. The van der Waals surface area contributed by atoms with Crippen molar-refractivity contribution in [2.45, 2.75) is 13.0 Å². The molecule has 0 saturated carbocycles. The fourth-order valence-corrected chi connectivity index (χ4v) is 2.78. The molecule has 2 aromatic rings. The maximum Gasteiger partial charge on any atom is 0.261 e. The molecule has 1 atom stereocenters. The summed E-state index contributed by atoms with van der Waals surface area (Å²) in [7, 11) is 2.02. The van der Waals surface area contributed by atoms with E-state index in [0.717, 1.165) is 5.69 Å². The highest BCUT2D eigenvalue weighted by molar-refractivity contribution is 7.17. The van der Waals surface area contributed by atoms with Crippen molar-refractivity contribution in [2.75, 3.05) is 18.5 Å². The molecular weight excluding hydrogens is 292 g/mol. The minimum Gasteiger partial charge on any atom is -0.370 e. The first-order valence-corrected chi connectivity index (χ1v) is 7.59. The van der Waals surface area contributed by atoms with Crippen LogP contribution in [0.4, 0.5) is 5.69 Å². The van der Waals surface area contributed by atoms with Crippen molar-refractivity contribution in [3.05, 3.63) is 51.7 Å². The van der Waals surface area contributed by atoms with Crippen LogP contribution in [-0.4, -0.2) is 25.5 Å². The van der Waals surface area contributed by atoms with Crippen molar-refractivity contribution in [3.8, 4) is 0 Å². The minimum atomic E-state index is -0.0739. The van der Waals surface area contributed by atoms with Gasteiger partial charge in [-0.25, -0.2) is 0 Å². The summed E-state index contributed by atoms with van der Waals surface area (Å²) < 4.78 is 0.629. The van der Waals surface area contributed by atoms with Gasteiger partial charge < -0.3 is 10.2 Å². The molecule has 0 aliphatic carbocycles. The number of nitrogens with zero attached hydrogens (tertiary/aromatic N) is 1. The number of halogens is 1. The third-order valence-corrected chi connectivity index (χ3v) is 4.41. The van der Waals surface area contributed by atoms with Crippen LogP contribution in [0, 0.1) is 0 Å². The molecule has 20 heavy (non-hydrogen) atoms.